The molecule has 3 nitrogen and oxygen atoms in total. The summed E-state index contributed by atoms with van der Waals surface area (Å²) >= 11 is 5.25. The Morgan fingerprint density at radius 1 is 1.47 bits per heavy atom. The fraction of sp³-hybridized carbons (Fsp3) is 0.300. The second-order valence-electron chi connectivity index (χ2n) is 3.42. The molecular formula is C10H12ClO3P. The molecule has 5 heteroatoms. The van der Waals surface area contributed by atoms with Gasteiger partial charge in [0.25, 0.3) is 0 Å². The average molecular weight is 247 g/mol. The topological polar surface area (TPSA) is 54.4 Å². The summed E-state index contributed by atoms with van der Waals surface area (Å²) in [7, 11) is -3.46. The third-order valence-corrected chi connectivity index (χ3v) is 4.59. The van der Waals surface area contributed by atoms with E-state index in [1.807, 2.05) is 0 Å². The Morgan fingerprint density at radius 3 is 2.47 bits per heavy atom. The molecule has 1 rings (SSSR count). The van der Waals surface area contributed by atoms with Crippen LogP contribution in [0.25, 0.3) is 0 Å². The molecule has 2 unspecified atom stereocenters. The van der Waals surface area contributed by atoms with E-state index in [2.05, 4.69) is 0 Å². The molecule has 0 saturated heterocycles. The zero-order valence-electron chi connectivity index (χ0n) is 8.26. The third-order valence-electron chi connectivity index (χ3n) is 2.07. The van der Waals surface area contributed by atoms with Crippen molar-refractivity contribution in [1.29, 1.82) is 0 Å². The lowest BCUT2D eigenvalue weighted by molar-refractivity contribution is -0.114. The largest absolute Gasteiger partial charge is 0.341 e. The van der Waals surface area contributed by atoms with Gasteiger partial charge in [-0.3, -0.25) is 9.36 Å². The summed E-state index contributed by atoms with van der Waals surface area (Å²) in [6.45, 7) is 1.54. The van der Waals surface area contributed by atoms with E-state index < -0.39 is 18.5 Å². The maximum absolute atomic E-state index is 11.9. The van der Waals surface area contributed by atoms with Crippen molar-refractivity contribution in [1.82, 2.24) is 0 Å². The van der Waals surface area contributed by atoms with Gasteiger partial charge in [-0.15, -0.1) is 0 Å². The highest BCUT2D eigenvalue weighted by atomic mass is 35.5. The first-order chi connectivity index (χ1) is 6.93. The lowest BCUT2D eigenvalue weighted by Crippen LogP contribution is -2.15. The van der Waals surface area contributed by atoms with Gasteiger partial charge in [0.05, 0.1) is 0 Å². The fourth-order valence-electron chi connectivity index (χ4n) is 1.21. The smallest absolute Gasteiger partial charge is 0.230 e. The molecule has 1 N–H and O–H groups in total. The molecule has 2 atom stereocenters. The number of hydrogen-bond acceptors (Lipinski definition) is 2. The summed E-state index contributed by atoms with van der Waals surface area (Å²) in [5.74, 6) is -0.609. The van der Waals surface area contributed by atoms with Crippen molar-refractivity contribution < 1.29 is 14.3 Å². The lowest BCUT2D eigenvalue weighted by atomic mass is 10.2. The Bertz CT molecular complexity index is 391. The van der Waals surface area contributed by atoms with Crippen LogP contribution in [0.2, 0.25) is 0 Å². The molecule has 0 saturated carbocycles. The maximum Gasteiger partial charge on any atom is 0.230 e. The van der Waals surface area contributed by atoms with Crippen molar-refractivity contribution in [3.05, 3.63) is 30.3 Å². The number of hydrogen-bond donors (Lipinski definition) is 1. The van der Waals surface area contributed by atoms with Gasteiger partial charge in [-0.05, 0) is 23.7 Å². The summed E-state index contributed by atoms with van der Waals surface area (Å²) < 4.78 is 11.9. The van der Waals surface area contributed by atoms with Gasteiger partial charge in [-0.25, -0.2) is 0 Å². The van der Waals surface area contributed by atoms with E-state index in [1.54, 1.807) is 37.3 Å². The minimum Gasteiger partial charge on any atom is -0.341 e. The van der Waals surface area contributed by atoms with Gasteiger partial charge >= 0.3 is 0 Å². The number of rotatable bonds is 4. The SMILES string of the molecule is CC(CP(=O)(O)c1ccccc1)C(=O)Cl. The van der Waals surface area contributed by atoms with E-state index in [4.69, 9.17) is 11.6 Å². The Balaban J connectivity index is 2.85. The first-order valence-corrected chi connectivity index (χ1v) is 6.72. The molecular weight excluding hydrogens is 235 g/mol. The third kappa shape index (κ3) is 3.45. The van der Waals surface area contributed by atoms with E-state index in [0.717, 1.165) is 0 Å². The minimum atomic E-state index is -3.46. The predicted molar refractivity (Wildman–Crippen MR) is 60.8 cm³/mol. The van der Waals surface area contributed by atoms with Gasteiger partial charge in [0, 0.05) is 17.4 Å². The van der Waals surface area contributed by atoms with Gasteiger partial charge in [0.1, 0.15) is 0 Å². The van der Waals surface area contributed by atoms with E-state index >= 15 is 0 Å². The summed E-state index contributed by atoms with van der Waals surface area (Å²) in [5, 5.41) is -0.227. The normalized spacial score (nSPS) is 16.7. The molecule has 0 amide bonds. The molecule has 0 radical (unpaired) electrons. The molecule has 0 aromatic heterocycles. The molecule has 1 aromatic rings. The molecule has 0 spiro atoms. The number of carbonyl (C=O) groups excluding carboxylic acids is 1. The fourth-order valence-corrected chi connectivity index (χ4v) is 3.15. The van der Waals surface area contributed by atoms with E-state index in [-0.39, 0.29) is 6.16 Å². The predicted octanol–water partition coefficient (Wildman–Crippen LogP) is 1.98. The number of halogens is 1. The van der Waals surface area contributed by atoms with Crippen LogP contribution in [0.3, 0.4) is 0 Å². The molecule has 0 aliphatic heterocycles. The van der Waals surface area contributed by atoms with Gasteiger partial charge in [0.2, 0.25) is 12.6 Å². The van der Waals surface area contributed by atoms with Crippen LogP contribution in [0.1, 0.15) is 6.92 Å². The summed E-state index contributed by atoms with van der Waals surface area (Å²) in [6, 6.07) is 8.29. The zero-order valence-corrected chi connectivity index (χ0v) is 9.91. The van der Waals surface area contributed by atoms with Gasteiger partial charge in [-0.1, -0.05) is 25.1 Å². The van der Waals surface area contributed by atoms with Crippen LogP contribution >= 0.6 is 19.0 Å². The Hall–Kier alpha value is -0.630. The second kappa shape index (κ2) is 4.93. The highest BCUT2D eigenvalue weighted by Crippen LogP contribution is 2.41. The first kappa shape index (κ1) is 12.4. The van der Waals surface area contributed by atoms with Crippen LogP contribution < -0.4 is 5.30 Å². The molecule has 15 heavy (non-hydrogen) atoms. The summed E-state index contributed by atoms with van der Waals surface area (Å²) in [4.78, 5) is 20.5. The molecule has 1 aromatic carbocycles. The minimum absolute atomic E-state index is 0.112. The highest BCUT2D eigenvalue weighted by Gasteiger charge is 2.26. The van der Waals surface area contributed by atoms with Crippen LogP contribution in [0, 0.1) is 5.92 Å². The maximum atomic E-state index is 11.9. The van der Waals surface area contributed by atoms with E-state index in [0.29, 0.717) is 5.30 Å². The molecule has 0 aliphatic rings. The molecule has 0 heterocycles. The number of benzene rings is 1. The van der Waals surface area contributed by atoms with Crippen LogP contribution in [0.15, 0.2) is 30.3 Å². The summed E-state index contributed by atoms with van der Waals surface area (Å²) in [6.07, 6.45) is -0.112. The van der Waals surface area contributed by atoms with Crippen LogP contribution in [-0.2, 0) is 9.36 Å². The van der Waals surface area contributed by atoms with Crippen molar-refractivity contribution in [2.45, 2.75) is 6.92 Å². The van der Waals surface area contributed by atoms with E-state index in [9.17, 15) is 14.3 Å². The van der Waals surface area contributed by atoms with Crippen LogP contribution in [0.4, 0.5) is 0 Å². The Labute approximate surface area is 93.5 Å². The van der Waals surface area contributed by atoms with Crippen LogP contribution in [0.5, 0.6) is 0 Å². The molecule has 0 fully saturated rings. The van der Waals surface area contributed by atoms with Gasteiger partial charge < -0.3 is 4.89 Å². The van der Waals surface area contributed by atoms with Crippen molar-refractivity contribution in [3.8, 4) is 0 Å². The van der Waals surface area contributed by atoms with Crippen molar-refractivity contribution in [3.63, 3.8) is 0 Å². The second-order valence-corrected chi connectivity index (χ2v) is 6.08. The van der Waals surface area contributed by atoms with Crippen molar-refractivity contribution in [2.75, 3.05) is 6.16 Å². The first-order valence-electron chi connectivity index (χ1n) is 4.50. The average Bonchev–Trinajstić information content (AvgIpc) is 2.18. The quantitative estimate of drug-likeness (QED) is 0.653. The lowest BCUT2D eigenvalue weighted by Gasteiger charge is -2.14. The van der Waals surface area contributed by atoms with E-state index in [1.165, 1.54) is 0 Å². The van der Waals surface area contributed by atoms with Crippen molar-refractivity contribution >= 4 is 29.5 Å². The summed E-state index contributed by atoms with van der Waals surface area (Å²) in [5.41, 5.74) is 0. The zero-order chi connectivity index (χ0) is 11.5. The molecule has 0 aliphatic carbocycles. The van der Waals surface area contributed by atoms with Crippen molar-refractivity contribution in [2.24, 2.45) is 5.92 Å². The van der Waals surface area contributed by atoms with Gasteiger partial charge in [-0.2, -0.15) is 0 Å². The highest BCUT2D eigenvalue weighted by molar-refractivity contribution is 7.66. The Kier molecular flexibility index (Phi) is 4.09. The molecule has 82 valence electrons. The Morgan fingerprint density at radius 2 is 2.00 bits per heavy atom. The number of carbonyl (C=O) groups is 1. The molecule has 0 bridgehead atoms. The monoisotopic (exact) mass is 246 g/mol. The van der Waals surface area contributed by atoms with Gasteiger partial charge in [0.15, 0.2) is 0 Å². The standard InChI is InChI=1S/C10H12ClO3P/c1-8(10(11)12)7-15(13,14)9-5-3-2-4-6-9/h2-6,8H,7H2,1H3,(H,13,14). The van der Waals surface area contributed by atoms with Crippen LogP contribution in [-0.4, -0.2) is 16.3 Å².